The van der Waals surface area contributed by atoms with E-state index in [1.54, 1.807) is 0 Å². The third kappa shape index (κ3) is 3.94. The lowest BCUT2D eigenvalue weighted by molar-refractivity contribution is -0.137. The van der Waals surface area contributed by atoms with Crippen molar-refractivity contribution < 1.29 is 31.1 Å². The number of hydrogen-bond acceptors (Lipinski definition) is 5. The molecule has 0 fully saturated rings. The fourth-order valence-corrected chi connectivity index (χ4v) is 3.50. The molecule has 1 aliphatic rings. The zero-order valence-electron chi connectivity index (χ0n) is 11.5. The summed E-state index contributed by atoms with van der Waals surface area (Å²) in [5.74, 6) is 0. The molecule has 1 aliphatic heterocycles. The van der Waals surface area contributed by atoms with E-state index in [0.29, 0.717) is 12.1 Å². The van der Waals surface area contributed by atoms with Crippen LogP contribution in [0.5, 0.6) is 0 Å². The standard InChI is InChI=1S/C12H5Cl2F6N3OS/c13-5-1-4(11(15,16)17)2-6(14)8(5)10(21)9(25-12(18,19)20)7(3-24)22-23-10/h1-3H,21H2. The number of nitrogens with zero attached hydrogens (tertiary/aromatic N) is 2. The quantitative estimate of drug-likeness (QED) is 0.532. The van der Waals surface area contributed by atoms with Gasteiger partial charge in [0.25, 0.3) is 0 Å². The molecule has 1 atom stereocenters. The highest BCUT2D eigenvalue weighted by atomic mass is 35.5. The maximum atomic E-state index is 12.8. The molecule has 0 bridgehead atoms. The van der Waals surface area contributed by atoms with Crippen molar-refractivity contribution in [3.63, 3.8) is 0 Å². The molecule has 13 heteroatoms. The number of hydrogen-bond donors (Lipinski definition) is 1. The van der Waals surface area contributed by atoms with Crippen LogP contribution >= 0.6 is 35.0 Å². The normalized spacial score (nSPS) is 21.2. The number of carbonyl (C=O) groups excluding carboxylic acids is 1. The minimum atomic E-state index is -4.87. The highest BCUT2D eigenvalue weighted by molar-refractivity contribution is 8.04. The molecular weight excluding hydrogens is 419 g/mol. The first kappa shape index (κ1) is 20.0. The number of benzene rings is 1. The molecule has 0 saturated carbocycles. The lowest BCUT2D eigenvalue weighted by Gasteiger charge is -2.26. The topological polar surface area (TPSA) is 67.8 Å². The molecule has 0 radical (unpaired) electrons. The largest absolute Gasteiger partial charge is 0.446 e. The van der Waals surface area contributed by atoms with E-state index in [9.17, 15) is 31.1 Å². The molecule has 4 nitrogen and oxygen atoms in total. The van der Waals surface area contributed by atoms with Crippen molar-refractivity contribution in [3.8, 4) is 0 Å². The van der Waals surface area contributed by atoms with Crippen LogP contribution in [0.4, 0.5) is 26.3 Å². The molecule has 1 unspecified atom stereocenters. The molecule has 2 N–H and O–H groups in total. The Labute approximate surface area is 150 Å². The summed E-state index contributed by atoms with van der Waals surface area (Å²) in [6.45, 7) is 0. The Balaban J connectivity index is 2.66. The van der Waals surface area contributed by atoms with Crippen LogP contribution in [0.2, 0.25) is 10.0 Å². The molecule has 1 aromatic rings. The van der Waals surface area contributed by atoms with E-state index in [-0.39, 0.29) is 6.29 Å². The van der Waals surface area contributed by atoms with E-state index < -0.39 is 60.9 Å². The summed E-state index contributed by atoms with van der Waals surface area (Å²) in [5, 5.41) is 5.30. The van der Waals surface area contributed by atoms with E-state index in [4.69, 9.17) is 28.9 Å². The van der Waals surface area contributed by atoms with Crippen molar-refractivity contribution >= 4 is 41.2 Å². The molecular formula is C12H5Cl2F6N3OS. The number of allylic oxidation sites excluding steroid dienone is 1. The first-order valence-electron chi connectivity index (χ1n) is 6.04. The van der Waals surface area contributed by atoms with Gasteiger partial charge in [-0.2, -0.15) is 31.5 Å². The molecule has 0 aromatic heterocycles. The van der Waals surface area contributed by atoms with Gasteiger partial charge in [0, 0.05) is 5.56 Å². The van der Waals surface area contributed by atoms with E-state index in [2.05, 4.69) is 10.2 Å². The smallest absolute Gasteiger partial charge is 0.297 e. The summed E-state index contributed by atoms with van der Waals surface area (Å²) in [7, 11) is 0. The number of azo groups is 1. The van der Waals surface area contributed by atoms with Gasteiger partial charge in [-0.15, -0.1) is 5.11 Å². The first-order chi connectivity index (χ1) is 11.3. The van der Waals surface area contributed by atoms with Crippen LogP contribution in [0.1, 0.15) is 11.1 Å². The van der Waals surface area contributed by atoms with E-state index in [0.717, 1.165) is 0 Å². The van der Waals surface area contributed by atoms with Crippen LogP contribution in [0.15, 0.2) is 33.0 Å². The number of thioether (sulfide) groups is 1. The van der Waals surface area contributed by atoms with Gasteiger partial charge in [0.05, 0.1) is 20.5 Å². The average Bonchev–Trinajstić information content (AvgIpc) is 2.72. The monoisotopic (exact) mass is 423 g/mol. The second-order valence-corrected chi connectivity index (χ2v) is 6.55. The Bertz CT molecular complexity index is 769. The Hall–Kier alpha value is -1.30. The molecule has 2 rings (SSSR count). The van der Waals surface area contributed by atoms with Gasteiger partial charge in [0.1, 0.15) is 5.70 Å². The molecule has 0 spiro atoms. The summed E-state index contributed by atoms with van der Waals surface area (Å²) in [5.41, 5.74) is -3.99. The van der Waals surface area contributed by atoms with Gasteiger partial charge in [0.2, 0.25) is 0 Å². The first-order valence-corrected chi connectivity index (χ1v) is 7.61. The Kier molecular flexibility index (Phi) is 5.17. The zero-order chi connectivity index (χ0) is 19.2. The van der Waals surface area contributed by atoms with Crippen LogP contribution in [0, 0.1) is 0 Å². The van der Waals surface area contributed by atoms with E-state index in [1.165, 1.54) is 0 Å². The molecule has 1 aromatic carbocycles. The van der Waals surface area contributed by atoms with Crippen LogP contribution in [-0.2, 0) is 16.6 Å². The summed E-state index contributed by atoms with van der Waals surface area (Å²) in [4.78, 5) is 10.1. The van der Waals surface area contributed by atoms with Gasteiger partial charge >= 0.3 is 11.7 Å². The fourth-order valence-electron chi connectivity index (χ4n) is 2.01. The molecule has 1 heterocycles. The van der Waals surface area contributed by atoms with Gasteiger partial charge < -0.3 is 0 Å². The van der Waals surface area contributed by atoms with Gasteiger partial charge in [-0.3, -0.25) is 10.5 Å². The predicted octanol–water partition coefficient (Wildman–Crippen LogP) is 5.25. The van der Waals surface area contributed by atoms with Crippen molar-refractivity contribution in [2.45, 2.75) is 17.3 Å². The summed E-state index contributed by atoms with van der Waals surface area (Å²) in [6.07, 6.45) is -4.81. The molecule has 136 valence electrons. The Morgan fingerprint density at radius 1 is 1.12 bits per heavy atom. The number of nitrogens with two attached hydrogens (primary N) is 1. The van der Waals surface area contributed by atoms with Crippen LogP contribution < -0.4 is 5.73 Å². The van der Waals surface area contributed by atoms with Crippen molar-refractivity contribution in [2.24, 2.45) is 16.0 Å². The van der Waals surface area contributed by atoms with E-state index >= 15 is 0 Å². The van der Waals surface area contributed by atoms with Crippen LogP contribution in [0.25, 0.3) is 0 Å². The van der Waals surface area contributed by atoms with Gasteiger partial charge in [-0.25, -0.2) is 0 Å². The van der Waals surface area contributed by atoms with E-state index in [1.807, 2.05) is 0 Å². The van der Waals surface area contributed by atoms with Crippen molar-refractivity contribution in [1.82, 2.24) is 0 Å². The number of halogens is 8. The minimum Gasteiger partial charge on any atom is -0.297 e. The molecule has 0 aliphatic carbocycles. The van der Waals surface area contributed by atoms with Gasteiger partial charge in [0.15, 0.2) is 11.9 Å². The maximum Gasteiger partial charge on any atom is 0.446 e. The minimum absolute atomic E-state index is 0.0158. The Morgan fingerprint density at radius 3 is 2.04 bits per heavy atom. The second kappa shape index (κ2) is 6.45. The summed E-state index contributed by atoms with van der Waals surface area (Å²) >= 11 is 10.8. The van der Waals surface area contributed by atoms with Crippen LogP contribution in [0.3, 0.4) is 0 Å². The Morgan fingerprint density at radius 2 is 1.64 bits per heavy atom. The average molecular weight is 424 g/mol. The summed E-state index contributed by atoms with van der Waals surface area (Å²) < 4.78 is 76.6. The van der Waals surface area contributed by atoms with Crippen molar-refractivity contribution in [2.75, 3.05) is 0 Å². The summed E-state index contributed by atoms with van der Waals surface area (Å²) in [6, 6.07) is 0.892. The number of rotatable bonds is 3. The third-order valence-electron chi connectivity index (χ3n) is 2.97. The van der Waals surface area contributed by atoms with Crippen molar-refractivity contribution in [1.29, 1.82) is 0 Å². The predicted molar refractivity (Wildman–Crippen MR) is 78.9 cm³/mol. The number of alkyl halides is 6. The second-order valence-electron chi connectivity index (χ2n) is 4.66. The maximum absolute atomic E-state index is 12.8. The van der Waals surface area contributed by atoms with Crippen LogP contribution in [-0.4, -0.2) is 11.8 Å². The zero-order valence-corrected chi connectivity index (χ0v) is 13.9. The fraction of sp³-hybridized carbons (Fsp3) is 0.250. The highest BCUT2D eigenvalue weighted by Crippen LogP contribution is 2.52. The van der Waals surface area contributed by atoms with Crippen molar-refractivity contribution in [3.05, 3.63) is 43.9 Å². The lowest BCUT2D eigenvalue weighted by Crippen LogP contribution is -2.36. The number of aldehydes is 1. The molecule has 25 heavy (non-hydrogen) atoms. The molecule has 0 saturated heterocycles. The van der Waals surface area contributed by atoms with Gasteiger partial charge in [-0.1, -0.05) is 23.2 Å². The highest BCUT2D eigenvalue weighted by Gasteiger charge is 2.48. The van der Waals surface area contributed by atoms with Gasteiger partial charge in [-0.05, 0) is 23.9 Å². The number of carbonyl (C=O) groups is 1. The molecule has 0 amide bonds. The SMILES string of the molecule is NC1(c2c(Cl)cc(C(F)(F)F)cc2Cl)N=NC(C=O)=C1SC(F)(F)F. The lowest BCUT2D eigenvalue weighted by atomic mass is 9.98. The third-order valence-corrected chi connectivity index (χ3v) is 4.53.